The van der Waals surface area contributed by atoms with E-state index in [1.54, 1.807) is 4.90 Å². The number of piperazine rings is 1. The minimum atomic E-state index is -3.21. The molecule has 120 valence electrons. The molecule has 2 heterocycles. The molecule has 1 aliphatic carbocycles. The molecule has 0 aromatic carbocycles. The molecule has 1 aromatic heterocycles. The summed E-state index contributed by atoms with van der Waals surface area (Å²) in [6.07, 6.45) is 4.80. The minimum Gasteiger partial charge on any atom is -0.383 e. The lowest BCUT2D eigenvalue weighted by molar-refractivity contribution is 0.0698. The zero-order valence-electron chi connectivity index (χ0n) is 12.4. The number of nitrogen functional groups attached to an aromatic ring is 1. The van der Waals surface area contributed by atoms with Gasteiger partial charge in [0.15, 0.2) is 0 Å². The predicted molar refractivity (Wildman–Crippen MR) is 80.7 cm³/mol. The van der Waals surface area contributed by atoms with Gasteiger partial charge in [0.25, 0.3) is 5.91 Å². The summed E-state index contributed by atoms with van der Waals surface area (Å²) in [5.74, 6) is 1.04. The number of carbonyl (C=O) groups is 1. The highest BCUT2D eigenvalue weighted by molar-refractivity contribution is 7.88. The molecule has 2 aliphatic rings. The summed E-state index contributed by atoms with van der Waals surface area (Å²) >= 11 is 0. The van der Waals surface area contributed by atoms with Crippen LogP contribution in [0.5, 0.6) is 0 Å². The number of anilines is 1. The van der Waals surface area contributed by atoms with Crippen molar-refractivity contribution in [2.45, 2.75) is 18.8 Å². The molecule has 1 saturated carbocycles. The Hall–Kier alpha value is -1.74. The monoisotopic (exact) mass is 325 g/mol. The van der Waals surface area contributed by atoms with Gasteiger partial charge in [-0.15, -0.1) is 0 Å². The van der Waals surface area contributed by atoms with Gasteiger partial charge in [0.2, 0.25) is 10.0 Å². The summed E-state index contributed by atoms with van der Waals surface area (Å²) in [4.78, 5) is 22.5. The van der Waals surface area contributed by atoms with Crippen molar-refractivity contribution in [3.8, 4) is 0 Å². The van der Waals surface area contributed by atoms with Gasteiger partial charge in [-0.25, -0.2) is 18.4 Å². The first-order valence-corrected chi connectivity index (χ1v) is 9.08. The molecule has 2 fully saturated rings. The van der Waals surface area contributed by atoms with E-state index in [4.69, 9.17) is 5.73 Å². The molecule has 1 amide bonds. The summed E-state index contributed by atoms with van der Waals surface area (Å²) in [5, 5.41) is 0. The van der Waals surface area contributed by atoms with Crippen LogP contribution in [-0.4, -0.2) is 65.9 Å². The average Bonchev–Trinajstić information content (AvgIpc) is 3.30. The van der Waals surface area contributed by atoms with Crippen molar-refractivity contribution < 1.29 is 13.2 Å². The number of hydrogen-bond acceptors (Lipinski definition) is 6. The number of hydrogen-bond donors (Lipinski definition) is 1. The maximum atomic E-state index is 12.5. The molecule has 1 aliphatic heterocycles. The quantitative estimate of drug-likeness (QED) is 0.814. The van der Waals surface area contributed by atoms with Gasteiger partial charge in [-0.3, -0.25) is 4.79 Å². The van der Waals surface area contributed by atoms with Crippen LogP contribution < -0.4 is 5.73 Å². The van der Waals surface area contributed by atoms with Crippen LogP contribution in [0.3, 0.4) is 0 Å². The van der Waals surface area contributed by atoms with Gasteiger partial charge in [-0.2, -0.15) is 4.31 Å². The summed E-state index contributed by atoms with van der Waals surface area (Å²) in [7, 11) is -3.21. The van der Waals surface area contributed by atoms with Crippen molar-refractivity contribution in [3.05, 3.63) is 17.6 Å². The van der Waals surface area contributed by atoms with Gasteiger partial charge < -0.3 is 10.6 Å². The fraction of sp³-hybridized carbons (Fsp3) is 0.615. The zero-order valence-corrected chi connectivity index (χ0v) is 13.2. The zero-order chi connectivity index (χ0) is 15.9. The fourth-order valence-corrected chi connectivity index (χ4v) is 3.33. The Morgan fingerprint density at radius 2 is 1.91 bits per heavy atom. The molecular weight excluding hydrogens is 306 g/mol. The Balaban J connectivity index is 1.70. The van der Waals surface area contributed by atoms with E-state index in [0.717, 1.165) is 12.8 Å². The maximum Gasteiger partial charge on any atom is 0.259 e. The number of rotatable bonds is 3. The van der Waals surface area contributed by atoms with Crippen LogP contribution in [0.15, 0.2) is 6.20 Å². The number of aromatic nitrogens is 2. The topological polar surface area (TPSA) is 109 Å². The first kappa shape index (κ1) is 15.2. The van der Waals surface area contributed by atoms with Crippen LogP contribution in [0, 0.1) is 0 Å². The Morgan fingerprint density at radius 3 is 2.41 bits per heavy atom. The first-order valence-electron chi connectivity index (χ1n) is 7.23. The second kappa shape index (κ2) is 5.47. The summed E-state index contributed by atoms with van der Waals surface area (Å²) < 4.78 is 24.3. The van der Waals surface area contributed by atoms with Crippen LogP contribution in [0.2, 0.25) is 0 Å². The second-order valence-corrected chi connectivity index (χ2v) is 7.74. The van der Waals surface area contributed by atoms with E-state index in [9.17, 15) is 13.2 Å². The van der Waals surface area contributed by atoms with Crippen molar-refractivity contribution >= 4 is 21.7 Å². The minimum absolute atomic E-state index is 0.201. The van der Waals surface area contributed by atoms with Crippen molar-refractivity contribution in [2.75, 3.05) is 38.2 Å². The Labute approximate surface area is 129 Å². The number of carbonyl (C=O) groups excluding carboxylic acids is 1. The van der Waals surface area contributed by atoms with Crippen molar-refractivity contribution in [2.24, 2.45) is 0 Å². The van der Waals surface area contributed by atoms with Gasteiger partial charge in [-0.1, -0.05) is 0 Å². The molecule has 0 bridgehead atoms. The summed E-state index contributed by atoms with van der Waals surface area (Å²) in [6, 6.07) is 0. The lowest BCUT2D eigenvalue weighted by atomic mass is 10.2. The van der Waals surface area contributed by atoms with Crippen molar-refractivity contribution in [1.29, 1.82) is 0 Å². The first-order chi connectivity index (χ1) is 10.4. The smallest absolute Gasteiger partial charge is 0.259 e. The molecule has 0 radical (unpaired) electrons. The lowest BCUT2D eigenvalue weighted by Gasteiger charge is -2.33. The molecule has 0 spiro atoms. The highest BCUT2D eigenvalue weighted by atomic mass is 32.2. The third kappa shape index (κ3) is 3.05. The van der Waals surface area contributed by atoms with Crippen LogP contribution in [-0.2, 0) is 10.0 Å². The number of nitrogens with zero attached hydrogens (tertiary/aromatic N) is 4. The van der Waals surface area contributed by atoms with Crippen LogP contribution in [0.25, 0.3) is 0 Å². The summed E-state index contributed by atoms with van der Waals surface area (Å²) in [6.45, 7) is 1.28. The van der Waals surface area contributed by atoms with Crippen LogP contribution >= 0.6 is 0 Å². The lowest BCUT2D eigenvalue weighted by Crippen LogP contribution is -2.50. The van der Waals surface area contributed by atoms with E-state index in [1.165, 1.54) is 16.8 Å². The van der Waals surface area contributed by atoms with Crippen molar-refractivity contribution in [3.63, 3.8) is 0 Å². The van der Waals surface area contributed by atoms with E-state index in [1.807, 2.05) is 0 Å². The fourth-order valence-electron chi connectivity index (χ4n) is 2.51. The van der Waals surface area contributed by atoms with Gasteiger partial charge in [0, 0.05) is 38.3 Å². The molecule has 22 heavy (non-hydrogen) atoms. The van der Waals surface area contributed by atoms with E-state index >= 15 is 0 Å². The van der Waals surface area contributed by atoms with Crippen LogP contribution in [0.4, 0.5) is 5.82 Å². The normalized spacial score (nSPS) is 20.1. The van der Waals surface area contributed by atoms with E-state index in [-0.39, 0.29) is 17.3 Å². The highest BCUT2D eigenvalue weighted by Crippen LogP contribution is 2.38. The molecule has 0 atom stereocenters. The Bertz CT molecular complexity index is 694. The molecule has 2 N–H and O–H groups in total. The number of nitrogens with two attached hydrogens (primary N) is 1. The van der Waals surface area contributed by atoms with Gasteiger partial charge >= 0.3 is 0 Å². The van der Waals surface area contributed by atoms with E-state index < -0.39 is 10.0 Å². The largest absolute Gasteiger partial charge is 0.383 e. The van der Waals surface area contributed by atoms with Crippen LogP contribution in [0.1, 0.15) is 34.9 Å². The molecule has 1 aromatic rings. The molecule has 9 heteroatoms. The third-order valence-electron chi connectivity index (χ3n) is 4.00. The van der Waals surface area contributed by atoms with Gasteiger partial charge in [0.05, 0.1) is 6.26 Å². The standard InChI is InChI=1S/C13H19N5O3S/c1-22(20,21)18-6-4-17(5-7-18)13(19)10-8-15-12(9-2-3-9)16-11(10)14/h8-9H,2-7H2,1H3,(H2,14,15,16). The molecule has 1 saturated heterocycles. The second-order valence-electron chi connectivity index (χ2n) is 5.76. The predicted octanol–water partition coefficient (Wildman–Crippen LogP) is -0.346. The number of amides is 1. The number of sulfonamides is 1. The molecule has 8 nitrogen and oxygen atoms in total. The Morgan fingerprint density at radius 1 is 1.27 bits per heavy atom. The molecule has 3 rings (SSSR count). The highest BCUT2D eigenvalue weighted by Gasteiger charge is 2.30. The third-order valence-corrected chi connectivity index (χ3v) is 5.31. The summed E-state index contributed by atoms with van der Waals surface area (Å²) in [5.41, 5.74) is 6.18. The van der Waals surface area contributed by atoms with E-state index in [0.29, 0.717) is 37.9 Å². The van der Waals surface area contributed by atoms with Crippen molar-refractivity contribution in [1.82, 2.24) is 19.2 Å². The SMILES string of the molecule is CS(=O)(=O)N1CCN(C(=O)c2cnc(C3CC3)nc2N)CC1. The average molecular weight is 325 g/mol. The molecule has 0 unspecified atom stereocenters. The maximum absolute atomic E-state index is 12.5. The van der Waals surface area contributed by atoms with Gasteiger partial charge in [0.1, 0.15) is 17.2 Å². The van der Waals surface area contributed by atoms with E-state index in [2.05, 4.69) is 9.97 Å². The molecular formula is C13H19N5O3S. The van der Waals surface area contributed by atoms with Gasteiger partial charge in [-0.05, 0) is 12.8 Å². The Kier molecular flexibility index (Phi) is 3.77.